The zero-order valence-electron chi connectivity index (χ0n) is 47.6. The lowest BCUT2D eigenvalue weighted by atomic mass is 10.0. The Morgan fingerprint density at radius 2 is 0.420 bits per heavy atom. The largest absolute Gasteiger partial charge is 0.462 e. The van der Waals surface area contributed by atoms with Crippen molar-refractivity contribution >= 4 is 17.9 Å². The molecule has 0 saturated heterocycles. The van der Waals surface area contributed by atoms with Crippen LogP contribution >= 0.6 is 0 Å². The van der Waals surface area contributed by atoms with Gasteiger partial charge >= 0.3 is 17.9 Å². The lowest BCUT2D eigenvalue weighted by Gasteiger charge is -2.18. The van der Waals surface area contributed by atoms with E-state index in [0.29, 0.717) is 19.3 Å². The molecule has 0 unspecified atom stereocenters. The van der Waals surface area contributed by atoms with Crippen LogP contribution in [0.4, 0.5) is 0 Å². The molecule has 0 aromatic rings. The van der Waals surface area contributed by atoms with Gasteiger partial charge in [-0.15, -0.1) is 0 Å². The smallest absolute Gasteiger partial charge is 0.306 e. The Kier molecular flexibility index (Phi) is 52.9. The molecule has 6 heteroatoms. The first kappa shape index (κ1) is 67.4. The molecule has 0 spiro atoms. The van der Waals surface area contributed by atoms with Gasteiger partial charge in [0, 0.05) is 19.3 Å². The Balaban J connectivity index is 4.29. The molecule has 0 aromatic carbocycles. The number of carbonyl (C=O) groups is 3. The zero-order valence-corrected chi connectivity index (χ0v) is 47.6. The van der Waals surface area contributed by atoms with E-state index in [0.717, 1.165) is 75.5 Å². The van der Waals surface area contributed by atoms with Gasteiger partial charge in [0.15, 0.2) is 6.10 Å². The molecular weight excluding hydrogens is 853 g/mol. The highest BCUT2D eigenvalue weighted by Gasteiger charge is 2.19. The van der Waals surface area contributed by atoms with Crippen LogP contribution in [-0.2, 0) is 28.6 Å². The van der Waals surface area contributed by atoms with Gasteiger partial charge in [0.05, 0.1) is 0 Å². The minimum absolute atomic E-state index is 0.0628. The average Bonchev–Trinajstić information content (AvgIpc) is 3.31. The fourth-order valence-electron chi connectivity index (χ4n) is 9.71. The van der Waals surface area contributed by atoms with Gasteiger partial charge in [-0.3, -0.25) is 14.4 Å². The molecule has 6 nitrogen and oxygen atoms in total. The fourth-order valence-corrected chi connectivity index (χ4v) is 9.71. The second-order valence-corrected chi connectivity index (χ2v) is 23.1. The molecule has 0 saturated carbocycles. The quantitative estimate of drug-likeness (QED) is 0.0343. The van der Waals surface area contributed by atoms with Gasteiger partial charge in [-0.1, -0.05) is 311 Å². The van der Waals surface area contributed by atoms with Gasteiger partial charge in [0.2, 0.25) is 0 Å². The molecule has 0 aliphatic carbocycles. The van der Waals surface area contributed by atoms with Crippen molar-refractivity contribution in [3.05, 3.63) is 0 Å². The molecule has 0 fully saturated rings. The van der Waals surface area contributed by atoms with E-state index in [1.165, 1.54) is 231 Å². The molecule has 0 bridgehead atoms. The molecule has 0 heterocycles. The molecule has 410 valence electrons. The van der Waals surface area contributed by atoms with Crippen molar-refractivity contribution in [2.75, 3.05) is 13.2 Å². The van der Waals surface area contributed by atoms with Crippen LogP contribution in [0.1, 0.15) is 350 Å². The van der Waals surface area contributed by atoms with Crippen molar-refractivity contribution in [1.29, 1.82) is 0 Å². The standard InChI is InChI=1S/C63H122O6/c1-57(2)49-43-37-31-25-19-13-9-7-8-10-16-22-28-34-40-46-52-61(64)67-55-60(69-63(66)54-48-42-36-30-24-18-12-15-21-27-33-39-45-51-59(5)6)56-68-62(65)53-47-41-35-29-23-17-11-14-20-26-32-38-44-50-58(3)4/h57-60H,7-56H2,1-6H3/t60-/m1/s1. The minimum Gasteiger partial charge on any atom is -0.462 e. The van der Waals surface area contributed by atoms with E-state index in [1.807, 2.05) is 0 Å². The number of esters is 3. The summed E-state index contributed by atoms with van der Waals surface area (Å²) < 4.78 is 16.9. The summed E-state index contributed by atoms with van der Waals surface area (Å²) in [7, 11) is 0. The Morgan fingerprint density at radius 3 is 0.623 bits per heavy atom. The van der Waals surface area contributed by atoms with Gasteiger partial charge in [-0.05, 0) is 37.0 Å². The summed E-state index contributed by atoms with van der Waals surface area (Å²) in [6.07, 6.45) is 58.1. The van der Waals surface area contributed by atoms with Crippen LogP contribution in [0.5, 0.6) is 0 Å². The average molecular weight is 976 g/mol. The maximum Gasteiger partial charge on any atom is 0.306 e. The SMILES string of the molecule is CC(C)CCCCCCCCCCCCCCCCCCC(=O)OC[C@H](COC(=O)CCCCCCCCCCCCCCCC(C)C)OC(=O)CCCCCCCCCCCCCCCC(C)C. The summed E-state index contributed by atoms with van der Waals surface area (Å²) >= 11 is 0. The van der Waals surface area contributed by atoms with Gasteiger partial charge in [-0.2, -0.15) is 0 Å². The first-order valence-electron chi connectivity index (χ1n) is 31.1. The Bertz CT molecular complexity index is 1070. The van der Waals surface area contributed by atoms with Crippen LogP contribution in [0.2, 0.25) is 0 Å². The van der Waals surface area contributed by atoms with Gasteiger partial charge < -0.3 is 14.2 Å². The number of hydrogen-bond donors (Lipinski definition) is 0. The Hall–Kier alpha value is -1.59. The highest BCUT2D eigenvalue weighted by molar-refractivity contribution is 5.71. The van der Waals surface area contributed by atoms with Gasteiger partial charge in [0.1, 0.15) is 13.2 Å². The number of unbranched alkanes of at least 4 members (excludes halogenated alkanes) is 39. The number of rotatable bonds is 56. The first-order valence-corrected chi connectivity index (χ1v) is 31.1. The van der Waals surface area contributed by atoms with Crippen molar-refractivity contribution in [3.63, 3.8) is 0 Å². The summed E-state index contributed by atoms with van der Waals surface area (Å²) in [5, 5.41) is 0. The van der Waals surface area contributed by atoms with Crippen molar-refractivity contribution in [1.82, 2.24) is 0 Å². The van der Waals surface area contributed by atoms with E-state index in [2.05, 4.69) is 41.5 Å². The van der Waals surface area contributed by atoms with Crippen molar-refractivity contribution in [3.8, 4) is 0 Å². The monoisotopic (exact) mass is 975 g/mol. The fraction of sp³-hybridized carbons (Fsp3) is 0.952. The van der Waals surface area contributed by atoms with Crippen molar-refractivity contribution < 1.29 is 28.6 Å². The predicted octanol–water partition coefficient (Wildman–Crippen LogP) is 20.7. The molecule has 0 radical (unpaired) electrons. The molecule has 69 heavy (non-hydrogen) atoms. The molecular formula is C63H122O6. The normalized spacial score (nSPS) is 12.1. The summed E-state index contributed by atoms with van der Waals surface area (Å²) in [4.78, 5) is 38.3. The summed E-state index contributed by atoms with van der Waals surface area (Å²) in [6.45, 7) is 13.8. The maximum absolute atomic E-state index is 12.9. The second kappa shape index (κ2) is 54.2. The molecule has 0 aromatic heterocycles. The van der Waals surface area contributed by atoms with E-state index >= 15 is 0 Å². The predicted molar refractivity (Wildman–Crippen MR) is 298 cm³/mol. The molecule has 0 amide bonds. The van der Waals surface area contributed by atoms with E-state index in [-0.39, 0.29) is 31.1 Å². The third kappa shape index (κ3) is 57.2. The summed E-state index contributed by atoms with van der Waals surface area (Å²) in [5.41, 5.74) is 0. The minimum atomic E-state index is -0.764. The number of hydrogen-bond acceptors (Lipinski definition) is 6. The molecule has 0 N–H and O–H groups in total. The Morgan fingerprint density at radius 1 is 0.246 bits per heavy atom. The lowest BCUT2D eigenvalue weighted by Crippen LogP contribution is -2.30. The third-order valence-corrected chi connectivity index (χ3v) is 14.4. The van der Waals surface area contributed by atoms with E-state index in [1.54, 1.807) is 0 Å². The van der Waals surface area contributed by atoms with Crippen LogP contribution in [0.15, 0.2) is 0 Å². The van der Waals surface area contributed by atoms with Crippen molar-refractivity contribution in [2.45, 2.75) is 356 Å². The van der Waals surface area contributed by atoms with E-state index < -0.39 is 6.10 Å². The topological polar surface area (TPSA) is 78.9 Å². The molecule has 0 aliphatic rings. The van der Waals surface area contributed by atoms with Gasteiger partial charge in [0.25, 0.3) is 0 Å². The summed E-state index contributed by atoms with van der Waals surface area (Å²) in [6, 6.07) is 0. The van der Waals surface area contributed by atoms with E-state index in [4.69, 9.17) is 14.2 Å². The first-order chi connectivity index (χ1) is 33.6. The second-order valence-electron chi connectivity index (χ2n) is 23.1. The number of carbonyl (C=O) groups excluding carboxylic acids is 3. The van der Waals surface area contributed by atoms with Crippen LogP contribution in [0.3, 0.4) is 0 Å². The zero-order chi connectivity index (χ0) is 50.5. The third-order valence-electron chi connectivity index (χ3n) is 14.4. The van der Waals surface area contributed by atoms with Crippen LogP contribution in [0.25, 0.3) is 0 Å². The van der Waals surface area contributed by atoms with Crippen LogP contribution in [-0.4, -0.2) is 37.2 Å². The van der Waals surface area contributed by atoms with Crippen LogP contribution in [0, 0.1) is 17.8 Å². The van der Waals surface area contributed by atoms with E-state index in [9.17, 15) is 14.4 Å². The molecule has 1 atom stereocenters. The molecule has 0 aliphatic heterocycles. The van der Waals surface area contributed by atoms with Crippen molar-refractivity contribution in [2.24, 2.45) is 17.8 Å². The Labute approximate surface area is 431 Å². The number of ether oxygens (including phenoxy) is 3. The van der Waals surface area contributed by atoms with Gasteiger partial charge in [-0.25, -0.2) is 0 Å². The maximum atomic E-state index is 12.9. The highest BCUT2D eigenvalue weighted by atomic mass is 16.6. The summed E-state index contributed by atoms with van der Waals surface area (Å²) in [5.74, 6) is 1.69. The molecule has 0 rings (SSSR count). The highest BCUT2D eigenvalue weighted by Crippen LogP contribution is 2.19. The lowest BCUT2D eigenvalue weighted by molar-refractivity contribution is -0.167. The van der Waals surface area contributed by atoms with Crippen LogP contribution < -0.4 is 0 Å².